The zero-order chi connectivity index (χ0) is 25.9. The van der Waals surface area contributed by atoms with Crippen molar-refractivity contribution in [3.63, 3.8) is 0 Å². The van der Waals surface area contributed by atoms with E-state index < -0.39 is 29.7 Å². The van der Waals surface area contributed by atoms with Crippen LogP contribution in [-0.2, 0) is 33.1 Å². The summed E-state index contributed by atoms with van der Waals surface area (Å²) in [5.74, 6) is 1.27. The van der Waals surface area contributed by atoms with Crippen molar-refractivity contribution < 1.29 is 25.9 Å². The molecule has 2 heterocycles. The van der Waals surface area contributed by atoms with Crippen LogP contribution in [0.2, 0.25) is 0 Å². The molecule has 0 aromatic carbocycles. The molecule has 2 aromatic rings. The SMILES string of the molecule is CC(CC(C)(C)S(=O)(=O)O)Sc1n[nH]c(CCc2nc(SC(C)CC(C)(C)S(=O)(=O)O)n[nH]2)n1. The Hall–Kier alpha value is -1.20. The van der Waals surface area contributed by atoms with Gasteiger partial charge in [-0.05, 0) is 40.5 Å². The molecule has 0 saturated heterocycles. The molecule has 12 nitrogen and oxygen atoms in total. The predicted octanol–water partition coefficient (Wildman–Crippen LogP) is 2.78. The van der Waals surface area contributed by atoms with Gasteiger partial charge in [0, 0.05) is 23.3 Å². The summed E-state index contributed by atoms with van der Waals surface area (Å²) in [5, 5.41) is 14.7. The normalized spacial score (nSPS) is 15.4. The summed E-state index contributed by atoms with van der Waals surface area (Å²) in [6, 6.07) is 0. The van der Waals surface area contributed by atoms with Crippen molar-refractivity contribution in [3.05, 3.63) is 11.6 Å². The molecule has 2 rings (SSSR count). The Balaban J connectivity index is 1.87. The van der Waals surface area contributed by atoms with Crippen LogP contribution in [0.1, 0.15) is 66.0 Å². The lowest BCUT2D eigenvalue weighted by Gasteiger charge is -2.23. The number of aromatic nitrogens is 6. The number of H-pyrrole nitrogens is 2. The maximum atomic E-state index is 11.5. The second-order valence-corrected chi connectivity index (χ2v) is 16.3. The minimum atomic E-state index is -4.16. The fraction of sp³-hybridized carbons (Fsp3) is 0.778. The first kappa shape index (κ1) is 29.0. The molecule has 0 amide bonds. The van der Waals surface area contributed by atoms with Crippen LogP contribution in [0.25, 0.3) is 0 Å². The molecule has 0 radical (unpaired) electrons. The number of aromatic amines is 2. The van der Waals surface area contributed by atoms with Crippen molar-refractivity contribution in [2.75, 3.05) is 0 Å². The molecule has 0 spiro atoms. The third-order valence-corrected chi connectivity index (χ3v) is 10.2. The Bertz CT molecular complexity index is 1080. The molecule has 34 heavy (non-hydrogen) atoms. The van der Waals surface area contributed by atoms with Gasteiger partial charge in [0.2, 0.25) is 10.3 Å². The highest BCUT2D eigenvalue weighted by Crippen LogP contribution is 2.31. The van der Waals surface area contributed by atoms with Crippen molar-refractivity contribution in [1.82, 2.24) is 30.4 Å². The van der Waals surface area contributed by atoms with Gasteiger partial charge in [-0.1, -0.05) is 37.4 Å². The van der Waals surface area contributed by atoms with Gasteiger partial charge in [0.05, 0.1) is 9.49 Å². The molecule has 0 aliphatic heterocycles. The molecule has 0 fully saturated rings. The van der Waals surface area contributed by atoms with Gasteiger partial charge in [-0.25, -0.2) is 9.97 Å². The zero-order valence-corrected chi connectivity index (χ0v) is 23.2. The number of hydrogen-bond donors (Lipinski definition) is 4. The van der Waals surface area contributed by atoms with E-state index in [4.69, 9.17) is 0 Å². The molecule has 16 heteroatoms. The molecule has 194 valence electrons. The van der Waals surface area contributed by atoms with Crippen LogP contribution in [0.5, 0.6) is 0 Å². The number of hydrogen-bond acceptors (Lipinski definition) is 10. The number of rotatable bonds is 13. The van der Waals surface area contributed by atoms with Gasteiger partial charge >= 0.3 is 0 Å². The number of nitrogens with one attached hydrogen (secondary N) is 2. The van der Waals surface area contributed by atoms with E-state index in [0.717, 1.165) is 0 Å². The van der Waals surface area contributed by atoms with Gasteiger partial charge in [0.1, 0.15) is 11.6 Å². The van der Waals surface area contributed by atoms with E-state index in [-0.39, 0.29) is 23.3 Å². The van der Waals surface area contributed by atoms with E-state index in [2.05, 4.69) is 30.4 Å². The Morgan fingerprint density at radius 1 is 0.765 bits per heavy atom. The minimum absolute atomic E-state index is 0.137. The van der Waals surface area contributed by atoms with E-state index in [1.807, 2.05) is 13.8 Å². The van der Waals surface area contributed by atoms with Crippen molar-refractivity contribution in [1.29, 1.82) is 0 Å². The Labute approximate surface area is 208 Å². The Morgan fingerprint density at radius 2 is 1.09 bits per heavy atom. The highest BCUT2D eigenvalue weighted by molar-refractivity contribution is 8.00. The molecule has 0 saturated carbocycles. The lowest BCUT2D eigenvalue weighted by atomic mass is 10.1. The van der Waals surface area contributed by atoms with Crippen molar-refractivity contribution >= 4 is 43.8 Å². The van der Waals surface area contributed by atoms with Crippen molar-refractivity contribution in [3.8, 4) is 0 Å². The second kappa shape index (κ2) is 10.8. The first-order valence-electron chi connectivity index (χ1n) is 10.5. The lowest BCUT2D eigenvalue weighted by Crippen LogP contribution is -2.33. The van der Waals surface area contributed by atoms with E-state index >= 15 is 0 Å². The third kappa shape index (κ3) is 8.19. The highest BCUT2D eigenvalue weighted by Gasteiger charge is 2.35. The summed E-state index contributed by atoms with van der Waals surface area (Å²) in [4.78, 5) is 8.82. The zero-order valence-electron chi connectivity index (χ0n) is 19.9. The summed E-state index contributed by atoms with van der Waals surface area (Å²) in [5.41, 5.74) is 0. The van der Waals surface area contributed by atoms with E-state index in [1.54, 1.807) is 0 Å². The summed E-state index contributed by atoms with van der Waals surface area (Å²) in [6.07, 6.45) is 1.50. The van der Waals surface area contributed by atoms with Crippen LogP contribution >= 0.6 is 23.5 Å². The number of aryl methyl sites for hydroxylation is 2. The van der Waals surface area contributed by atoms with Gasteiger partial charge in [-0.15, -0.1) is 10.2 Å². The largest absolute Gasteiger partial charge is 0.285 e. The quantitative estimate of drug-likeness (QED) is 0.209. The van der Waals surface area contributed by atoms with Crippen LogP contribution < -0.4 is 0 Å². The predicted molar refractivity (Wildman–Crippen MR) is 131 cm³/mol. The summed E-state index contributed by atoms with van der Waals surface area (Å²) < 4.78 is 62.1. The van der Waals surface area contributed by atoms with Gasteiger partial charge in [0.15, 0.2) is 0 Å². The molecular formula is C18H32N6O6S4. The molecule has 0 aliphatic rings. The van der Waals surface area contributed by atoms with Crippen LogP contribution in [0, 0.1) is 0 Å². The number of nitrogens with zero attached hydrogens (tertiary/aromatic N) is 4. The molecule has 2 atom stereocenters. The second-order valence-electron chi connectivity index (χ2n) is 9.36. The fourth-order valence-electron chi connectivity index (χ4n) is 3.16. The summed E-state index contributed by atoms with van der Waals surface area (Å²) >= 11 is 2.63. The average molecular weight is 557 g/mol. The van der Waals surface area contributed by atoms with Crippen LogP contribution in [0.15, 0.2) is 10.3 Å². The standard InChI is InChI=1S/C18H32N6O6S4/c1-11(9-17(3,4)33(25,26)27)31-15-19-13(21-23-15)7-8-14-20-16(24-22-14)32-12(2)10-18(5,6)34(28,29)30/h11-12H,7-10H2,1-6H3,(H,19,21,23)(H,20,22,24)(H,25,26,27)(H,28,29,30). The van der Waals surface area contributed by atoms with Crippen LogP contribution in [0.4, 0.5) is 0 Å². The van der Waals surface area contributed by atoms with Gasteiger partial charge in [0.25, 0.3) is 20.2 Å². The van der Waals surface area contributed by atoms with E-state index in [1.165, 1.54) is 51.2 Å². The topological polar surface area (TPSA) is 192 Å². The Kier molecular flexibility index (Phi) is 9.24. The Morgan fingerprint density at radius 3 is 1.38 bits per heavy atom. The molecule has 2 aromatic heterocycles. The van der Waals surface area contributed by atoms with Gasteiger partial charge in [-0.2, -0.15) is 16.8 Å². The maximum Gasteiger partial charge on any atom is 0.270 e. The summed E-state index contributed by atoms with van der Waals surface area (Å²) in [7, 11) is -8.33. The smallest absolute Gasteiger partial charge is 0.270 e. The molecule has 2 unspecified atom stereocenters. The van der Waals surface area contributed by atoms with E-state index in [0.29, 0.717) is 34.8 Å². The highest BCUT2D eigenvalue weighted by atomic mass is 32.2. The minimum Gasteiger partial charge on any atom is -0.285 e. The number of thioether (sulfide) groups is 2. The first-order valence-corrected chi connectivity index (χ1v) is 15.1. The molecule has 0 bridgehead atoms. The monoisotopic (exact) mass is 556 g/mol. The van der Waals surface area contributed by atoms with Crippen molar-refractivity contribution in [2.24, 2.45) is 0 Å². The van der Waals surface area contributed by atoms with Crippen LogP contribution in [0.3, 0.4) is 0 Å². The lowest BCUT2D eigenvalue weighted by molar-refractivity contribution is 0.430. The first-order chi connectivity index (χ1) is 15.4. The van der Waals surface area contributed by atoms with Crippen molar-refractivity contribution in [2.45, 2.75) is 97.5 Å². The van der Waals surface area contributed by atoms with E-state index in [9.17, 15) is 25.9 Å². The van der Waals surface area contributed by atoms with Gasteiger partial charge < -0.3 is 0 Å². The van der Waals surface area contributed by atoms with Crippen LogP contribution in [-0.4, -0.2) is 76.3 Å². The molecular weight excluding hydrogens is 525 g/mol. The summed E-state index contributed by atoms with van der Waals surface area (Å²) in [6.45, 7) is 9.59. The molecule has 0 aliphatic carbocycles. The maximum absolute atomic E-state index is 11.5. The third-order valence-electron chi connectivity index (χ3n) is 5.19. The van der Waals surface area contributed by atoms with Gasteiger partial charge in [-0.3, -0.25) is 19.3 Å². The average Bonchev–Trinajstić information content (AvgIpc) is 3.26. The molecule has 4 N–H and O–H groups in total. The fourth-order valence-corrected chi connectivity index (χ4v) is 6.53.